The molecule has 0 saturated carbocycles. The summed E-state index contributed by atoms with van der Waals surface area (Å²) >= 11 is 0. The topological polar surface area (TPSA) is 173 Å². The number of hydrogen-bond donors (Lipinski definition) is 2. The lowest BCUT2D eigenvalue weighted by molar-refractivity contribution is 0.380. The van der Waals surface area contributed by atoms with Crippen molar-refractivity contribution in [2.45, 2.75) is 0 Å². The number of methoxy groups -OCH3 is 1. The summed E-state index contributed by atoms with van der Waals surface area (Å²) in [5, 5.41) is 0. The summed E-state index contributed by atoms with van der Waals surface area (Å²) in [7, 11) is 1.54. The Bertz CT molecular complexity index is 2330. The summed E-state index contributed by atoms with van der Waals surface area (Å²) in [5.41, 5.74) is 17.6. The normalized spacial score (nSPS) is 10.9. The summed E-state index contributed by atoms with van der Waals surface area (Å²) in [4.78, 5) is 34.5. The number of anilines is 2. The average Bonchev–Trinajstić information content (AvgIpc) is 3.68. The number of ether oxygens (including phenoxy) is 1. The third-order valence-corrected chi connectivity index (χ3v) is 7.08. The largest absolute Gasteiger partial charge is 0.467 e. The molecule has 0 fully saturated rings. The lowest BCUT2D eigenvalue weighted by Gasteiger charge is -2.06. The molecule has 0 unspecified atom stereocenters. The molecule has 0 saturated heterocycles. The molecule has 13 nitrogen and oxygen atoms in total. The smallest absolute Gasteiger partial charge is 0.316 e. The first-order valence-corrected chi connectivity index (χ1v) is 14.2. The summed E-state index contributed by atoms with van der Waals surface area (Å²) in [6.45, 7) is 0. The molecule has 8 aromatic rings. The molecule has 4 N–H and O–H groups in total. The van der Waals surface area contributed by atoms with E-state index in [1.165, 1.54) is 25.6 Å². The number of nitrogens with zero attached hydrogens (tertiary/aromatic N) is 10. The second-order valence-electron chi connectivity index (χ2n) is 10.1. The number of hydrogen-bond acceptors (Lipinski definition) is 11. The van der Waals surface area contributed by atoms with Gasteiger partial charge in [-0.3, -0.25) is 8.80 Å². The molecule has 8 rings (SSSR count). The van der Waals surface area contributed by atoms with Gasteiger partial charge in [-0.1, -0.05) is 30.3 Å². The predicted octanol–water partition coefficient (Wildman–Crippen LogP) is 5.02. The zero-order valence-corrected chi connectivity index (χ0v) is 24.8. The molecule has 0 aliphatic heterocycles. The van der Waals surface area contributed by atoms with Crippen LogP contribution in [-0.2, 0) is 0 Å². The predicted molar refractivity (Wildman–Crippen MR) is 174 cm³/mol. The second-order valence-corrected chi connectivity index (χ2v) is 10.1. The van der Waals surface area contributed by atoms with Crippen molar-refractivity contribution in [1.29, 1.82) is 0 Å². The van der Waals surface area contributed by atoms with Gasteiger partial charge in [0.05, 0.1) is 18.5 Å². The van der Waals surface area contributed by atoms with Crippen molar-refractivity contribution in [3.8, 4) is 51.3 Å². The Morgan fingerprint density at radius 1 is 0.617 bits per heavy atom. The zero-order valence-electron chi connectivity index (χ0n) is 24.8. The van der Waals surface area contributed by atoms with E-state index in [2.05, 4.69) is 39.9 Å². The third kappa shape index (κ3) is 5.73. The summed E-state index contributed by atoms with van der Waals surface area (Å²) in [5.74, 6) is 1.46. The Morgan fingerprint density at radius 2 is 1.21 bits per heavy atom. The van der Waals surface area contributed by atoms with Gasteiger partial charge in [-0.2, -0.15) is 15.0 Å². The van der Waals surface area contributed by atoms with Gasteiger partial charge < -0.3 is 16.2 Å². The molecule has 6 heterocycles. The van der Waals surface area contributed by atoms with Crippen LogP contribution in [0.3, 0.4) is 0 Å². The van der Waals surface area contributed by atoms with Crippen LogP contribution in [0.25, 0.3) is 56.8 Å². The van der Waals surface area contributed by atoms with Crippen LogP contribution in [0.2, 0.25) is 0 Å². The highest BCUT2D eigenvalue weighted by atomic mass is 19.1. The van der Waals surface area contributed by atoms with Crippen LogP contribution >= 0.6 is 0 Å². The molecule has 0 bridgehead atoms. The van der Waals surface area contributed by atoms with Crippen LogP contribution in [0.4, 0.5) is 16.0 Å². The minimum absolute atomic E-state index is 0.296. The van der Waals surface area contributed by atoms with Crippen LogP contribution in [0.5, 0.6) is 6.01 Å². The van der Waals surface area contributed by atoms with Gasteiger partial charge in [0.2, 0.25) is 11.6 Å². The van der Waals surface area contributed by atoms with Crippen molar-refractivity contribution in [2.24, 2.45) is 0 Å². The molecule has 230 valence electrons. The number of benzene rings is 2. The molecule has 0 radical (unpaired) electrons. The summed E-state index contributed by atoms with van der Waals surface area (Å²) in [6.07, 6.45) is 8.39. The van der Waals surface area contributed by atoms with Crippen LogP contribution in [0, 0.1) is 5.82 Å². The highest BCUT2D eigenvalue weighted by Gasteiger charge is 2.19. The Kier molecular flexibility index (Phi) is 7.55. The Morgan fingerprint density at radius 3 is 1.81 bits per heavy atom. The molecule has 6 aromatic heterocycles. The molecule has 47 heavy (non-hydrogen) atoms. The van der Waals surface area contributed by atoms with Gasteiger partial charge in [0, 0.05) is 35.9 Å². The maximum absolute atomic E-state index is 13.2. The first-order valence-electron chi connectivity index (χ1n) is 14.2. The van der Waals surface area contributed by atoms with Crippen molar-refractivity contribution in [1.82, 2.24) is 48.7 Å². The maximum atomic E-state index is 13.2. The van der Waals surface area contributed by atoms with E-state index in [9.17, 15) is 4.39 Å². The number of nitrogen functional groups attached to an aromatic ring is 2. The van der Waals surface area contributed by atoms with Gasteiger partial charge in [0.15, 0.2) is 0 Å². The molecule has 0 aliphatic rings. The molecule has 0 aliphatic carbocycles. The number of rotatable bonds is 5. The molecule has 0 amide bonds. The monoisotopic (exact) mass is 624 g/mol. The molecule has 0 atom stereocenters. The molecular weight excluding hydrogens is 599 g/mol. The first-order chi connectivity index (χ1) is 23.0. The van der Waals surface area contributed by atoms with E-state index in [0.717, 1.165) is 28.2 Å². The Labute approximate surface area is 266 Å². The minimum Gasteiger partial charge on any atom is -0.467 e. The number of nitrogens with two attached hydrogens (primary N) is 2. The second kappa shape index (κ2) is 12.3. The summed E-state index contributed by atoms with van der Waals surface area (Å²) < 4.78 is 22.0. The van der Waals surface area contributed by atoms with Crippen LogP contribution in [0.15, 0.2) is 110 Å². The van der Waals surface area contributed by atoms with Crippen LogP contribution in [0.1, 0.15) is 0 Å². The first kappa shape index (κ1) is 28.9. The van der Waals surface area contributed by atoms with E-state index in [4.69, 9.17) is 16.2 Å². The maximum Gasteiger partial charge on any atom is 0.316 e. The number of halogens is 1. The Balaban J connectivity index is 0.000000150. The quantitative estimate of drug-likeness (QED) is 0.263. The minimum atomic E-state index is -0.302. The van der Waals surface area contributed by atoms with E-state index in [1.807, 2.05) is 47.0 Å². The third-order valence-electron chi connectivity index (χ3n) is 7.08. The van der Waals surface area contributed by atoms with Gasteiger partial charge in [-0.25, -0.2) is 29.3 Å². The van der Waals surface area contributed by atoms with Crippen molar-refractivity contribution in [2.75, 3.05) is 18.6 Å². The van der Waals surface area contributed by atoms with E-state index < -0.39 is 0 Å². The lowest BCUT2D eigenvalue weighted by Crippen LogP contribution is -1.98. The molecular formula is C33H25FN12O. The number of aromatic nitrogens is 10. The van der Waals surface area contributed by atoms with Gasteiger partial charge >= 0.3 is 6.01 Å². The molecule has 2 aromatic carbocycles. The van der Waals surface area contributed by atoms with Crippen LogP contribution in [-0.4, -0.2) is 55.8 Å². The SMILES string of the molecule is COc1nccc(-c2c(-c3ccccc3)nc3nc(N)ccn23)n1.Nc1ccn2c(-c3ccncn3)c(-c3ccc(F)cc3)nc2n1. The summed E-state index contributed by atoms with van der Waals surface area (Å²) in [6, 6.07) is 23.3. The fourth-order valence-corrected chi connectivity index (χ4v) is 4.99. The fourth-order valence-electron chi connectivity index (χ4n) is 4.99. The van der Waals surface area contributed by atoms with Gasteiger partial charge in [-0.15, -0.1) is 0 Å². The fraction of sp³-hybridized carbons (Fsp3) is 0.0303. The van der Waals surface area contributed by atoms with Crippen molar-refractivity contribution >= 4 is 23.2 Å². The van der Waals surface area contributed by atoms with Gasteiger partial charge in [-0.05, 0) is 48.5 Å². The van der Waals surface area contributed by atoms with E-state index in [-0.39, 0.29) is 5.82 Å². The molecule has 14 heteroatoms. The molecule has 0 spiro atoms. The average molecular weight is 625 g/mol. The van der Waals surface area contributed by atoms with Crippen LogP contribution < -0.4 is 16.2 Å². The van der Waals surface area contributed by atoms with E-state index >= 15 is 0 Å². The van der Waals surface area contributed by atoms with Gasteiger partial charge in [0.25, 0.3) is 0 Å². The van der Waals surface area contributed by atoms with Crippen molar-refractivity contribution in [3.05, 3.63) is 116 Å². The van der Waals surface area contributed by atoms with Crippen molar-refractivity contribution in [3.63, 3.8) is 0 Å². The highest BCUT2D eigenvalue weighted by molar-refractivity contribution is 5.81. The van der Waals surface area contributed by atoms with Crippen molar-refractivity contribution < 1.29 is 9.13 Å². The lowest BCUT2D eigenvalue weighted by atomic mass is 10.1. The zero-order chi connectivity index (χ0) is 32.3. The van der Waals surface area contributed by atoms with E-state index in [1.54, 1.807) is 53.3 Å². The van der Waals surface area contributed by atoms with Gasteiger partial charge in [0.1, 0.15) is 46.6 Å². The number of imidazole rings is 2. The Hall–Kier alpha value is -6.83. The standard InChI is InChI=1S/C17H14N6O.C16H11FN6/c1-24-17-19-9-7-12(20-17)15-14(11-5-3-2-4-6-11)22-16-21-13(18)8-10-23(15)16;17-11-3-1-10(2-4-11)14-15(12-5-7-19-9-20-12)23-8-6-13(18)21-16(23)22-14/h2-10H,1H3,(H2,18,21,22);1-9H,(H2,18,21,22). The number of fused-ring (bicyclic) bond motifs is 2. The highest BCUT2D eigenvalue weighted by Crippen LogP contribution is 2.33. The van der Waals surface area contributed by atoms with E-state index in [0.29, 0.717) is 46.3 Å².